The molecule has 0 bridgehead atoms. The molecule has 0 radical (unpaired) electrons. The van der Waals surface area contributed by atoms with Gasteiger partial charge >= 0.3 is 6.03 Å². The van der Waals surface area contributed by atoms with Gasteiger partial charge in [-0.1, -0.05) is 55.3 Å². The van der Waals surface area contributed by atoms with Crippen LogP contribution >= 0.6 is 11.6 Å². The smallest absolute Gasteiger partial charge is 0.317 e. The maximum Gasteiger partial charge on any atom is 0.317 e. The van der Waals surface area contributed by atoms with Crippen molar-refractivity contribution in [1.29, 1.82) is 0 Å². The molecule has 0 aliphatic heterocycles. The number of carbonyl (C=O) groups excluding carboxylic acids is 1. The molecule has 0 atom stereocenters. The van der Waals surface area contributed by atoms with Gasteiger partial charge in [0.15, 0.2) is 6.73 Å². The molecule has 122 valence electrons. The summed E-state index contributed by atoms with van der Waals surface area (Å²) in [6.07, 6.45) is 2.18. The van der Waals surface area contributed by atoms with Gasteiger partial charge in [0.1, 0.15) is 5.75 Å². The summed E-state index contributed by atoms with van der Waals surface area (Å²) >= 11 is 6.03. The number of nitrogens with one attached hydrogen (secondary N) is 2. The Hall–Kier alpha value is -2.20. The zero-order chi connectivity index (χ0) is 16.5. The third-order valence-electron chi connectivity index (χ3n) is 3.33. The highest BCUT2D eigenvalue weighted by Gasteiger charge is 2.03. The second-order valence-electron chi connectivity index (χ2n) is 5.13. The fourth-order valence-corrected chi connectivity index (χ4v) is 2.31. The van der Waals surface area contributed by atoms with Crippen molar-refractivity contribution < 1.29 is 9.53 Å². The zero-order valence-electron chi connectivity index (χ0n) is 13.1. The summed E-state index contributed by atoms with van der Waals surface area (Å²) < 4.78 is 5.49. The van der Waals surface area contributed by atoms with Gasteiger partial charge in [0.2, 0.25) is 0 Å². The topological polar surface area (TPSA) is 50.4 Å². The summed E-state index contributed by atoms with van der Waals surface area (Å²) in [5.41, 5.74) is 2.15. The van der Waals surface area contributed by atoms with Crippen molar-refractivity contribution in [3.63, 3.8) is 0 Å². The van der Waals surface area contributed by atoms with E-state index in [0.29, 0.717) is 11.6 Å². The van der Waals surface area contributed by atoms with Gasteiger partial charge in [-0.15, -0.1) is 0 Å². The lowest BCUT2D eigenvalue weighted by atomic mass is 10.1. The van der Waals surface area contributed by atoms with Crippen molar-refractivity contribution in [2.75, 3.05) is 6.73 Å². The number of rotatable bonds is 7. The number of halogens is 1. The Morgan fingerprint density at radius 2 is 1.83 bits per heavy atom. The Labute approximate surface area is 141 Å². The molecule has 2 rings (SSSR count). The van der Waals surface area contributed by atoms with Crippen LogP contribution in [0.2, 0.25) is 5.02 Å². The largest absolute Gasteiger partial charge is 0.473 e. The van der Waals surface area contributed by atoms with Crippen LogP contribution in [0.25, 0.3) is 0 Å². The summed E-state index contributed by atoms with van der Waals surface area (Å²) in [6, 6.07) is 15.0. The highest BCUT2D eigenvalue weighted by Crippen LogP contribution is 2.14. The Kier molecular flexibility index (Phi) is 6.76. The van der Waals surface area contributed by atoms with E-state index in [1.54, 1.807) is 6.07 Å². The first-order valence-electron chi connectivity index (χ1n) is 7.66. The van der Waals surface area contributed by atoms with Crippen LogP contribution in [0, 0.1) is 0 Å². The van der Waals surface area contributed by atoms with Crippen LogP contribution in [0.3, 0.4) is 0 Å². The molecule has 0 aliphatic rings. The first-order valence-corrected chi connectivity index (χ1v) is 8.03. The van der Waals surface area contributed by atoms with Crippen LogP contribution in [0.5, 0.6) is 5.75 Å². The number of hydrogen-bond acceptors (Lipinski definition) is 2. The molecule has 0 aliphatic carbocycles. The standard InChI is InChI=1S/C18H21ClN2O2/c1-2-5-14-8-10-16(11-9-14)23-13-21-18(22)20-12-15-6-3-4-7-17(15)19/h3-4,6-11H,2,5,12-13H2,1H3,(H2,20,21,22). The fourth-order valence-electron chi connectivity index (χ4n) is 2.11. The third kappa shape index (κ3) is 5.83. The van der Waals surface area contributed by atoms with Crippen molar-refractivity contribution in [1.82, 2.24) is 10.6 Å². The van der Waals surface area contributed by atoms with Crippen LogP contribution in [0.4, 0.5) is 4.79 Å². The van der Waals surface area contributed by atoms with E-state index >= 15 is 0 Å². The predicted octanol–water partition coefficient (Wildman–Crippen LogP) is 4.13. The van der Waals surface area contributed by atoms with Gasteiger partial charge in [0.25, 0.3) is 0 Å². The van der Waals surface area contributed by atoms with Crippen molar-refractivity contribution >= 4 is 17.6 Å². The maximum atomic E-state index is 11.7. The third-order valence-corrected chi connectivity index (χ3v) is 3.70. The van der Waals surface area contributed by atoms with Crippen LogP contribution < -0.4 is 15.4 Å². The van der Waals surface area contributed by atoms with Gasteiger partial charge in [0, 0.05) is 11.6 Å². The molecule has 4 nitrogen and oxygen atoms in total. The lowest BCUT2D eigenvalue weighted by molar-refractivity contribution is 0.223. The highest BCUT2D eigenvalue weighted by atomic mass is 35.5. The normalized spacial score (nSPS) is 10.2. The van der Waals surface area contributed by atoms with Crippen molar-refractivity contribution in [2.24, 2.45) is 0 Å². The lowest BCUT2D eigenvalue weighted by Gasteiger charge is -2.10. The number of ether oxygens (including phenoxy) is 1. The molecular formula is C18H21ClN2O2. The molecule has 0 heterocycles. The molecule has 2 aromatic carbocycles. The molecule has 0 saturated heterocycles. The van der Waals surface area contributed by atoms with Crippen LogP contribution in [0.1, 0.15) is 24.5 Å². The Bertz CT molecular complexity index is 629. The van der Waals surface area contributed by atoms with Crippen molar-refractivity contribution in [3.8, 4) is 5.75 Å². The summed E-state index contributed by atoms with van der Waals surface area (Å²) in [5.74, 6) is 0.733. The zero-order valence-corrected chi connectivity index (χ0v) is 13.9. The Morgan fingerprint density at radius 3 is 2.52 bits per heavy atom. The maximum absolute atomic E-state index is 11.7. The van der Waals surface area contributed by atoms with Crippen molar-refractivity contribution in [2.45, 2.75) is 26.3 Å². The van der Waals surface area contributed by atoms with Gasteiger partial charge in [-0.25, -0.2) is 4.79 Å². The quantitative estimate of drug-likeness (QED) is 0.749. The van der Waals surface area contributed by atoms with Gasteiger partial charge in [-0.05, 0) is 35.7 Å². The van der Waals surface area contributed by atoms with Gasteiger partial charge < -0.3 is 15.4 Å². The van der Waals surface area contributed by atoms with Gasteiger partial charge in [-0.3, -0.25) is 0 Å². The Balaban J connectivity index is 1.69. The second-order valence-corrected chi connectivity index (χ2v) is 5.54. The summed E-state index contributed by atoms with van der Waals surface area (Å²) in [4.78, 5) is 11.7. The average molecular weight is 333 g/mol. The summed E-state index contributed by atoms with van der Waals surface area (Å²) in [6.45, 7) is 2.63. The lowest BCUT2D eigenvalue weighted by Crippen LogP contribution is -2.37. The monoisotopic (exact) mass is 332 g/mol. The molecule has 2 N–H and O–H groups in total. The molecular weight excluding hydrogens is 312 g/mol. The minimum atomic E-state index is -0.299. The van der Waals surface area contributed by atoms with E-state index in [-0.39, 0.29) is 12.8 Å². The average Bonchev–Trinajstić information content (AvgIpc) is 2.56. The van der Waals surface area contributed by atoms with Crippen molar-refractivity contribution in [3.05, 3.63) is 64.7 Å². The molecule has 5 heteroatoms. The number of aryl methyl sites for hydroxylation is 1. The number of amides is 2. The van der Waals surface area contributed by atoms with Gasteiger partial charge in [-0.2, -0.15) is 0 Å². The summed E-state index contributed by atoms with van der Waals surface area (Å²) in [5, 5.41) is 6.02. The number of benzene rings is 2. The molecule has 23 heavy (non-hydrogen) atoms. The molecule has 0 aromatic heterocycles. The number of urea groups is 1. The highest BCUT2D eigenvalue weighted by molar-refractivity contribution is 6.31. The first-order chi connectivity index (χ1) is 11.2. The molecule has 0 unspecified atom stereocenters. The van der Waals surface area contributed by atoms with E-state index in [0.717, 1.165) is 24.2 Å². The fraction of sp³-hybridized carbons (Fsp3) is 0.278. The SMILES string of the molecule is CCCc1ccc(OCNC(=O)NCc2ccccc2Cl)cc1. The van der Waals surface area contributed by atoms with E-state index in [2.05, 4.69) is 17.6 Å². The van der Waals surface area contributed by atoms with E-state index in [4.69, 9.17) is 16.3 Å². The molecule has 2 amide bonds. The van der Waals surface area contributed by atoms with E-state index in [1.807, 2.05) is 42.5 Å². The first kappa shape index (κ1) is 17.2. The second kappa shape index (κ2) is 9.06. The van der Waals surface area contributed by atoms with Crippen LogP contribution in [0.15, 0.2) is 48.5 Å². The molecule has 0 fully saturated rings. The predicted molar refractivity (Wildman–Crippen MR) is 92.8 cm³/mol. The molecule has 0 saturated carbocycles. The minimum absolute atomic E-state index is 0.113. The van der Waals surface area contributed by atoms with Crippen LogP contribution in [-0.4, -0.2) is 12.8 Å². The molecule has 0 spiro atoms. The minimum Gasteiger partial charge on any atom is -0.473 e. The number of carbonyl (C=O) groups is 1. The van der Waals surface area contributed by atoms with E-state index in [9.17, 15) is 4.79 Å². The van der Waals surface area contributed by atoms with E-state index in [1.165, 1.54) is 5.56 Å². The van der Waals surface area contributed by atoms with Gasteiger partial charge in [0.05, 0.1) is 0 Å². The molecule has 2 aromatic rings. The number of hydrogen-bond donors (Lipinski definition) is 2. The van der Waals surface area contributed by atoms with Crippen LogP contribution in [-0.2, 0) is 13.0 Å². The summed E-state index contributed by atoms with van der Waals surface area (Å²) in [7, 11) is 0. The van der Waals surface area contributed by atoms with E-state index < -0.39 is 0 Å². The Morgan fingerprint density at radius 1 is 1.09 bits per heavy atom.